The minimum atomic E-state index is -4.13. The molecule has 0 N–H and O–H groups in total. The Morgan fingerprint density at radius 3 is 1.89 bits per heavy atom. The van der Waals surface area contributed by atoms with Crippen LogP contribution in [0, 0.1) is 0 Å². The lowest BCUT2D eigenvalue weighted by Gasteiger charge is -2.05. The van der Waals surface area contributed by atoms with Crippen molar-refractivity contribution in [2.45, 2.75) is 83.7 Å². The predicted molar refractivity (Wildman–Crippen MR) is 67.5 cm³/mol. The number of unbranched alkanes of at least 4 members (excludes halogenated alkanes) is 6. The van der Waals surface area contributed by atoms with Gasteiger partial charge >= 0.3 is 6.18 Å². The van der Waals surface area contributed by atoms with Gasteiger partial charge < -0.3 is 0 Å². The van der Waals surface area contributed by atoms with Crippen molar-refractivity contribution in [2.24, 2.45) is 0 Å². The van der Waals surface area contributed by atoms with Gasteiger partial charge in [-0.3, -0.25) is 4.79 Å². The van der Waals surface area contributed by atoms with Gasteiger partial charge in [0.25, 0.3) is 0 Å². The highest BCUT2D eigenvalue weighted by molar-refractivity contribution is 5.78. The molecule has 1 nitrogen and oxygen atoms in total. The second kappa shape index (κ2) is 10.4. The normalized spacial score (nSPS) is 11.8. The molecule has 0 aromatic carbocycles. The SMILES string of the molecule is CCCCCCCCCC(=O)CCCC(F)(F)F. The van der Waals surface area contributed by atoms with Crippen LogP contribution < -0.4 is 0 Å². The molecule has 0 aliphatic heterocycles. The molecule has 0 saturated heterocycles. The van der Waals surface area contributed by atoms with Crippen LogP contribution in [-0.2, 0) is 4.79 Å². The van der Waals surface area contributed by atoms with Crippen LogP contribution in [0.1, 0.15) is 77.6 Å². The fourth-order valence-electron chi connectivity index (χ4n) is 1.89. The van der Waals surface area contributed by atoms with Crippen LogP contribution in [-0.4, -0.2) is 12.0 Å². The molecule has 0 atom stereocenters. The van der Waals surface area contributed by atoms with Crippen molar-refractivity contribution < 1.29 is 18.0 Å². The molecule has 0 fully saturated rings. The predicted octanol–water partition coefficient (Wildman–Crippen LogP) is 5.43. The van der Waals surface area contributed by atoms with E-state index in [1.165, 1.54) is 25.7 Å². The smallest absolute Gasteiger partial charge is 0.300 e. The van der Waals surface area contributed by atoms with Gasteiger partial charge in [-0.15, -0.1) is 0 Å². The maximum Gasteiger partial charge on any atom is 0.389 e. The largest absolute Gasteiger partial charge is 0.389 e. The topological polar surface area (TPSA) is 17.1 Å². The third-order valence-corrected chi connectivity index (χ3v) is 2.98. The molecule has 108 valence electrons. The summed E-state index contributed by atoms with van der Waals surface area (Å²) >= 11 is 0. The number of carbonyl (C=O) groups is 1. The van der Waals surface area contributed by atoms with Crippen molar-refractivity contribution in [2.75, 3.05) is 0 Å². The highest BCUT2D eigenvalue weighted by Gasteiger charge is 2.26. The Labute approximate surface area is 108 Å². The Morgan fingerprint density at radius 1 is 0.833 bits per heavy atom. The summed E-state index contributed by atoms with van der Waals surface area (Å²) < 4.78 is 35.5. The lowest BCUT2D eigenvalue weighted by molar-refractivity contribution is -0.137. The van der Waals surface area contributed by atoms with E-state index >= 15 is 0 Å². The number of hydrogen-bond donors (Lipinski definition) is 0. The maximum atomic E-state index is 11.8. The monoisotopic (exact) mass is 266 g/mol. The van der Waals surface area contributed by atoms with E-state index in [-0.39, 0.29) is 18.6 Å². The maximum absolute atomic E-state index is 11.8. The number of halogens is 3. The van der Waals surface area contributed by atoms with Crippen molar-refractivity contribution in [3.8, 4) is 0 Å². The molecular weight excluding hydrogens is 241 g/mol. The number of Topliss-reactive ketones (excluding diaryl/α,β-unsaturated/α-hetero) is 1. The first kappa shape index (κ1) is 17.5. The summed E-state index contributed by atoms with van der Waals surface area (Å²) in [4.78, 5) is 11.3. The minimum absolute atomic E-state index is 0.0205. The lowest BCUT2D eigenvalue weighted by Crippen LogP contribution is -2.08. The molecule has 0 amide bonds. The van der Waals surface area contributed by atoms with Crippen LogP contribution in [0.4, 0.5) is 13.2 Å². The fourth-order valence-corrected chi connectivity index (χ4v) is 1.89. The third kappa shape index (κ3) is 13.5. The summed E-state index contributed by atoms with van der Waals surface area (Å²) in [6, 6.07) is 0. The molecule has 0 heterocycles. The number of alkyl halides is 3. The van der Waals surface area contributed by atoms with E-state index < -0.39 is 12.6 Å². The molecule has 0 aromatic rings. The molecule has 0 aliphatic rings. The minimum Gasteiger partial charge on any atom is -0.300 e. The van der Waals surface area contributed by atoms with E-state index in [0.29, 0.717) is 6.42 Å². The van der Waals surface area contributed by atoms with E-state index in [9.17, 15) is 18.0 Å². The van der Waals surface area contributed by atoms with Crippen molar-refractivity contribution >= 4 is 5.78 Å². The van der Waals surface area contributed by atoms with Gasteiger partial charge in [-0.2, -0.15) is 13.2 Å². The Bertz CT molecular complexity index is 212. The molecule has 0 saturated carbocycles. The van der Waals surface area contributed by atoms with Crippen LogP contribution in [0.2, 0.25) is 0 Å². The van der Waals surface area contributed by atoms with Crippen LogP contribution in [0.3, 0.4) is 0 Å². The van der Waals surface area contributed by atoms with Crippen LogP contribution >= 0.6 is 0 Å². The summed E-state index contributed by atoms with van der Waals surface area (Å²) in [7, 11) is 0. The van der Waals surface area contributed by atoms with Crippen molar-refractivity contribution in [1.29, 1.82) is 0 Å². The quantitative estimate of drug-likeness (QED) is 0.456. The Balaban J connectivity index is 3.27. The second-order valence-electron chi connectivity index (χ2n) is 4.88. The molecular formula is C14H25F3O. The van der Waals surface area contributed by atoms with Crippen LogP contribution in [0.5, 0.6) is 0 Å². The standard InChI is InChI=1S/C14H25F3O/c1-2-3-4-5-6-7-8-10-13(18)11-9-12-14(15,16)17/h2-12H2,1H3. The van der Waals surface area contributed by atoms with Crippen LogP contribution in [0.25, 0.3) is 0 Å². The number of ketones is 1. The first-order valence-corrected chi connectivity index (χ1v) is 7.04. The molecule has 0 aliphatic carbocycles. The summed E-state index contributed by atoms with van der Waals surface area (Å²) in [5.74, 6) is -0.0205. The molecule has 0 spiro atoms. The first-order chi connectivity index (χ1) is 8.45. The van der Waals surface area contributed by atoms with Gasteiger partial charge in [0, 0.05) is 19.3 Å². The van der Waals surface area contributed by atoms with E-state index in [1.54, 1.807) is 0 Å². The van der Waals surface area contributed by atoms with Gasteiger partial charge in [0.1, 0.15) is 5.78 Å². The molecule has 0 aromatic heterocycles. The summed E-state index contributed by atoms with van der Waals surface area (Å²) in [5.41, 5.74) is 0. The molecule has 0 bridgehead atoms. The second-order valence-corrected chi connectivity index (χ2v) is 4.88. The summed E-state index contributed by atoms with van der Waals surface area (Å²) in [5, 5.41) is 0. The molecule has 0 unspecified atom stereocenters. The van der Waals surface area contributed by atoms with Crippen molar-refractivity contribution in [1.82, 2.24) is 0 Å². The van der Waals surface area contributed by atoms with E-state index in [4.69, 9.17) is 0 Å². The molecule has 0 radical (unpaired) electrons. The van der Waals surface area contributed by atoms with E-state index in [0.717, 1.165) is 19.3 Å². The van der Waals surface area contributed by atoms with Gasteiger partial charge in [-0.05, 0) is 12.8 Å². The van der Waals surface area contributed by atoms with Gasteiger partial charge in [-0.25, -0.2) is 0 Å². The zero-order valence-electron chi connectivity index (χ0n) is 11.3. The molecule has 0 rings (SSSR count). The zero-order valence-corrected chi connectivity index (χ0v) is 11.3. The number of rotatable bonds is 11. The highest BCUT2D eigenvalue weighted by Crippen LogP contribution is 2.22. The molecule has 18 heavy (non-hydrogen) atoms. The number of hydrogen-bond acceptors (Lipinski definition) is 1. The third-order valence-electron chi connectivity index (χ3n) is 2.98. The van der Waals surface area contributed by atoms with Crippen molar-refractivity contribution in [3.63, 3.8) is 0 Å². The van der Waals surface area contributed by atoms with E-state index in [1.807, 2.05) is 0 Å². The Hall–Kier alpha value is -0.540. The fraction of sp³-hybridized carbons (Fsp3) is 0.929. The summed E-state index contributed by atoms with van der Waals surface area (Å²) in [6.45, 7) is 2.17. The van der Waals surface area contributed by atoms with Gasteiger partial charge in [0.2, 0.25) is 0 Å². The Morgan fingerprint density at radius 2 is 1.33 bits per heavy atom. The highest BCUT2D eigenvalue weighted by atomic mass is 19.4. The van der Waals surface area contributed by atoms with Crippen LogP contribution in [0.15, 0.2) is 0 Å². The Kier molecular flexibility index (Phi) is 10.1. The first-order valence-electron chi connectivity index (χ1n) is 7.04. The zero-order chi connectivity index (χ0) is 13.9. The van der Waals surface area contributed by atoms with Crippen molar-refractivity contribution in [3.05, 3.63) is 0 Å². The summed E-state index contributed by atoms with van der Waals surface area (Å²) in [6.07, 6.45) is 3.43. The van der Waals surface area contributed by atoms with E-state index in [2.05, 4.69) is 6.92 Å². The lowest BCUT2D eigenvalue weighted by atomic mass is 10.0. The van der Waals surface area contributed by atoms with Gasteiger partial charge in [0.05, 0.1) is 0 Å². The average Bonchev–Trinajstić information content (AvgIpc) is 2.26. The van der Waals surface area contributed by atoms with Gasteiger partial charge in [0.15, 0.2) is 0 Å². The average molecular weight is 266 g/mol. The van der Waals surface area contributed by atoms with Gasteiger partial charge in [-0.1, -0.05) is 45.4 Å². The molecule has 4 heteroatoms. The number of carbonyl (C=O) groups excluding carboxylic acids is 1.